The van der Waals surface area contributed by atoms with Gasteiger partial charge in [0.25, 0.3) is 0 Å². The van der Waals surface area contributed by atoms with Gasteiger partial charge in [0, 0.05) is 13.5 Å². The number of methoxy groups -OCH3 is 1. The van der Waals surface area contributed by atoms with E-state index in [4.69, 9.17) is 4.74 Å². The van der Waals surface area contributed by atoms with Crippen LogP contribution in [0.1, 0.15) is 38.2 Å². The van der Waals surface area contributed by atoms with Crippen molar-refractivity contribution in [2.45, 2.75) is 39.8 Å². The minimum atomic E-state index is -0.0656. The van der Waals surface area contributed by atoms with Crippen LogP contribution in [-0.2, 0) is 17.8 Å². The third-order valence-electron chi connectivity index (χ3n) is 2.91. The molecule has 5 nitrogen and oxygen atoms in total. The van der Waals surface area contributed by atoms with Gasteiger partial charge in [0.05, 0.1) is 24.9 Å². The molecule has 0 saturated heterocycles. The summed E-state index contributed by atoms with van der Waals surface area (Å²) in [5.41, 5.74) is 1.63. The first-order valence-electron chi connectivity index (χ1n) is 5.64. The average Bonchev–Trinajstić information content (AvgIpc) is 2.67. The SMILES string of the molecule is COCCc1c(CO)nnn1C(C)C(C)C. The van der Waals surface area contributed by atoms with E-state index in [9.17, 15) is 5.11 Å². The summed E-state index contributed by atoms with van der Waals surface area (Å²) in [6.45, 7) is 6.95. The molecule has 1 rings (SSSR count). The van der Waals surface area contributed by atoms with E-state index in [0.717, 1.165) is 12.1 Å². The highest BCUT2D eigenvalue weighted by atomic mass is 16.5. The fraction of sp³-hybridized carbons (Fsp3) is 0.818. The molecule has 0 fully saturated rings. The number of rotatable bonds is 6. The summed E-state index contributed by atoms with van der Waals surface area (Å²) in [5.74, 6) is 0.481. The van der Waals surface area contributed by atoms with Crippen LogP contribution < -0.4 is 0 Å². The minimum Gasteiger partial charge on any atom is -0.390 e. The lowest BCUT2D eigenvalue weighted by Gasteiger charge is -2.18. The first-order valence-corrected chi connectivity index (χ1v) is 5.64. The van der Waals surface area contributed by atoms with E-state index < -0.39 is 0 Å². The van der Waals surface area contributed by atoms with Crippen molar-refractivity contribution in [1.29, 1.82) is 0 Å². The van der Waals surface area contributed by atoms with Gasteiger partial charge in [-0.25, -0.2) is 4.68 Å². The molecule has 0 spiro atoms. The van der Waals surface area contributed by atoms with Gasteiger partial charge in [-0.15, -0.1) is 5.10 Å². The molecule has 1 unspecified atom stereocenters. The van der Waals surface area contributed by atoms with Crippen molar-refractivity contribution in [2.75, 3.05) is 13.7 Å². The zero-order chi connectivity index (χ0) is 12.1. The van der Waals surface area contributed by atoms with Crippen molar-refractivity contribution < 1.29 is 9.84 Å². The molecule has 16 heavy (non-hydrogen) atoms. The third-order valence-corrected chi connectivity index (χ3v) is 2.91. The Morgan fingerprint density at radius 3 is 2.56 bits per heavy atom. The Morgan fingerprint density at radius 2 is 2.06 bits per heavy atom. The number of aromatic nitrogens is 3. The highest BCUT2D eigenvalue weighted by Gasteiger charge is 2.18. The van der Waals surface area contributed by atoms with Gasteiger partial charge in [-0.3, -0.25) is 0 Å². The molecule has 0 saturated carbocycles. The van der Waals surface area contributed by atoms with Gasteiger partial charge in [0.15, 0.2) is 0 Å². The number of hydrogen-bond acceptors (Lipinski definition) is 4. The lowest BCUT2D eigenvalue weighted by atomic mass is 10.1. The second-order valence-corrected chi connectivity index (χ2v) is 4.31. The molecule has 0 aromatic carbocycles. The zero-order valence-corrected chi connectivity index (χ0v) is 10.5. The molecule has 0 aliphatic heterocycles. The fourth-order valence-corrected chi connectivity index (χ4v) is 1.54. The van der Waals surface area contributed by atoms with E-state index >= 15 is 0 Å². The Bertz CT molecular complexity index is 323. The molecule has 1 heterocycles. The first kappa shape index (κ1) is 13.1. The van der Waals surface area contributed by atoms with Crippen LogP contribution in [0.5, 0.6) is 0 Å². The molecule has 92 valence electrons. The number of nitrogens with zero attached hydrogens (tertiary/aromatic N) is 3. The third kappa shape index (κ3) is 2.80. The summed E-state index contributed by atoms with van der Waals surface area (Å²) in [5, 5.41) is 17.3. The molecule has 1 aromatic heterocycles. The highest BCUT2D eigenvalue weighted by molar-refractivity contribution is 5.10. The summed E-state index contributed by atoms with van der Waals surface area (Å²) in [6, 6.07) is 0.277. The molecular weight excluding hydrogens is 206 g/mol. The van der Waals surface area contributed by atoms with Crippen LogP contribution in [0.3, 0.4) is 0 Å². The first-order chi connectivity index (χ1) is 7.61. The predicted molar refractivity (Wildman–Crippen MR) is 61.1 cm³/mol. The molecule has 0 radical (unpaired) electrons. The van der Waals surface area contributed by atoms with E-state index in [1.54, 1.807) is 7.11 Å². The Hall–Kier alpha value is -0.940. The molecule has 5 heteroatoms. The molecule has 1 N–H and O–H groups in total. The maximum absolute atomic E-state index is 9.19. The molecule has 0 amide bonds. The monoisotopic (exact) mass is 227 g/mol. The van der Waals surface area contributed by atoms with Crippen LogP contribution in [0.15, 0.2) is 0 Å². The van der Waals surface area contributed by atoms with Crippen LogP contribution in [0, 0.1) is 5.92 Å². The van der Waals surface area contributed by atoms with Gasteiger partial charge in [0.1, 0.15) is 5.69 Å². The van der Waals surface area contributed by atoms with Gasteiger partial charge in [0.2, 0.25) is 0 Å². The van der Waals surface area contributed by atoms with Crippen molar-refractivity contribution in [3.63, 3.8) is 0 Å². The highest BCUT2D eigenvalue weighted by Crippen LogP contribution is 2.19. The topological polar surface area (TPSA) is 60.2 Å². The second-order valence-electron chi connectivity index (χ2n) is 4.31. The Morgan fingerprint density at radius 1 is 1.38 bits per heavy atom. The average molecular weight is 227 g/mol. The quantitative estimate of drug-likeness (QED) is 0.792. The van der Waals surface area contributed by atoms with E-state index in [1.165, 1.54) is 0 Å². The summed E-state index contributed by atoms with van der Waals surface area (Å²) < 4.78 is 6.96. The lowest BCUT2D eigenvalue weighted by molar-refractivity contribution is 0.197. The summed E-state index contributed by atoms with van der Waals surface area (Å²) in [7, 11) is 1.67. The number of aliphatic hydroxyl groups excluding tert-OH is 1. The van der Waals surface area contributed by atoms with E-state index in [-0.39, 0.29) is 12.6 Å². The minimum absolute atomic E-state index is 0.0656. The second kappa shape index (κ2) is 5.96. The van der Waals surface area contributed by atoms with Crippen molar-refractivity contribution in [1.82, 2.24) is 15.0 Å². The van der Waals surface area contributed by atoms with Crippen molar-refractivity contribution in [2.24, 2.45) is 5.92 Å². The molecule has 1 aromatic rings. The predicted octanol–water partition coefficient (Wildman–Crippen LogP) is 1.18. The lowest BCUT2D eigenvalue weighted by Crippen LogP contribution is -2.17. The van der Waals surface area contributed by atoms with E-state index in [1.807, 2.05) is 4.68 Å². The Labute approximate surface area is 96.4 Å². The smallest absolute Gasteiger partial charge is 0.111 e. The van der Waals surface area contributed by atoms with Gasteiger partial charge in [-0.2, -0.15) is 0 Å². The van der Waals surface area contributed by atoms with Crippen LogP contribution >= 0.6 is 0 Å². The van der Waals surface area contributed by atoms with Crippen LogP contribution in [0.4, 0.5) is 0 Å². The van der Waals surface area contributed by atoms with Gasteiger partial charge in [-0.05, 0) is 12.8 Å². The number of hydrogen-bond donors (Lipinski definition) is 1. The molecular formula is C11H21N3O2. The normalized spacial score (nSPS) is 13.4. The Kier molecular flexibility index (Phi) is 4.89. The summed E-state index contributed by atoms with van der Waals surface area (Å²) in [4.78, 5) is 0. The maximum atomic E-state index is 9.19. The summed E-state index contributed by atoms with van der Waals surface area (Å²) >= 11 is 0. The Balaban J connectivity index is 2.94. The number of ether oxygens (including phenoxy) is 1. The van der Waals surface area contributed by atoms with Crippen molar-refractivity contribution in [3.05, 3.63) is 11.4 Å². The molecule has 0 aliphatic carbocycles. The largest absolute Gasteiger partial charge is 0.390 e. The van der Waals surface area contributed by atoms with Crippen molar-refractivity contribution in [3.8, 4) is 0 Å². The fourth-order valence-electron chi connectivity index (χ4n) is 1.54. The van der Waals surface area contributed by atoms with Gasteiger partial charge >= 0.3 is 0 Å². The molecule has 0 bridgehead atoms. The van der Waals surface area contributed by atoms with Crippen LogP contribution in [-0.4, -0.2) is 33.8 Å². The van der Waals surface area contributed by atoms with Crippen LogP contribution in [0.2, 0.25) is 0 Å². The zero-order valence-electron chi connectivity index (χ0n) is 10.5. The number of aliphatic hydroxyl groups is 1. The van der Waals surface area contributed by atoms with Gasteiger partial charge in [-0.1, -0.05) is 19.1 Å². The molecule has 1 atom stereocenters. The van der Waals surface area contributed by atoms with Crippen molar-refractivity contribution >= 4 is 0 Å². The summed E-state index contributed by atoms with van der Waals surface area (Å²) in [6.07, 6.45) is 0.733. The van der Waals surface area contributed by atoms with Crippen LogP contribution in [0.25, 0.3) is 0 Å². The van der Waals surface area contributed by atoms with E-state index in [0.29, 0.717) is 18.2 Å². The molecule has 0 aliphatic rings. The van der Waals surface area contributed by atoms with E-state index in [2.05, 4.69) is 31.1 Å². The van der Waals surface area contributed by atoms with Gasteiger partial charge < -0.3 is 9.84 Å². The standard InChI is InChI=1S/C11H21N3O2/c1-8(2)9(3)14-11(5-6-16-4)10(7-15)12-13-14/h8-9,15H,5-7H2,1-4H3. The maximum Gasteiger partial charge on any atom is 0.111 e.